The molecule has 1 saturated heterocycles. The van der Waals surface area contributed by atoms with Crippen molar-refractivity contribution in [3.05, 3.63) is 34.3 Å². The SMILES string of the molecule is CC(C)(CO)[C@H](c1c(Cl)cccc1C(F)(F)F)N1CCNCC1. The number of nitrogens with zero attached hydrogens (tertiary/aromatic N) is 1. The van der Waals surface area contributed by atoms with Gasteiger partial charge in [0.15, 0.2) is 0 Å². The van der Waals surface area contributed by atoms with E-state index in [1.54, 1.807) is 13.8 Å². The van der Waals surface area contributed by atoms with Crippen molar-refractivity contribution in [2.75, 3.05) is 32.8 Å². The number of rotatable bonds is 4. The van der Waals surface area contributed by atoms with Crippen molar-refractivity contribution in [2.45, 2.75) is 26.1 Å². The summed E-state index contributed by atoms with van der Waals surface area (Å²) in [6, 6.07) is 3.24. The molecule has 0 aliphatic carbocycles. The summed E-state index contributed by atoms with van der Waals surface area (Å²) in [5.41, 5.74) is -1.43. The smallest absolute Gasteiger partial charge is 0.396 e. The summed E-state index contributed by atoms with van der Waals surface area (Å²) >= 11 is 6.19. The molecule has 1 aliphatic heterocycles. The number of nitrogens with one attached hydrogen (secondary N) is 1. The minimum Gasteiger partial charge on any atom is -0.396 e. The third kappa shape index (κ3) is 3.99. The van der Waals surface area contributed by atoms with E-state index in [9.17, 15) is 18.3 Å². The highest BCUT2D eigenvalue weighted by Crippen LogP contribution is 2.46. The van der Waals surface area contributed by atoms with E-state index < -0.39 is 23.2 Å². The average Bonchev–Trinajstić information content (AvgIpc) is 2.49. The summed E-state index contributed by atoms with van der Waals surface area (Å²) in [5, 5.41) is 13.1. The number of aliphatic hydroxyl groups is 1. The van der Waals surface area contributed by atoms with Gasteiger partial charge < -0.3 is 10.4 Å². The maximum absolute atomic E-state index is 13.5. The quantitative estimate of drug-likeness (QED) is 0.874. The van der Waals surface area contributed by atoms with Gasteiger partial charge in [-0.15, -0.1) is 0 Å². The fraction of sp³-hybridized carbons (Fsp3) is 0.625. The molecule has 1 fully saturated rings. The summed E-state index contributed by atoms with van der Waals surface area (Å²) in [4.78, 5) is 1.98. The molecule has 0 unspecified atom stereocenters. The molecule has 1 aromatic carbocycles. The van der Waals surface area contributed by atoms with Crippen molar-refractivity contribution in [3.63, 3.8) is 0 Å². The van der Waals surface area contributed by atoms with Crippen LogP contribution in [-0.2, 0) is 6.18 Å². The highest BCUT2D eigenvalue weighted by molar-refractivity contribution is 6.31. The van der Waals surface area contributed by atoms with Gasteiger partial charge in [-0.25, -0.2) is 0 Å². The second-order valence-electron chi connectivity index (χ2n) is 6.53. The first-order valence-corrected chi connectivity index (χ1v) is 7.97. The molecule has 0 spiro atoms. The topological polar surface area (TPSA) is 35.5 Å². The van der Waals surface area contributed by atoms with Gasteiger partial charge in [0.1, 0.15) is 0 Å². The molecule has 1 aliphatic rings. The molecule has 2 rings (SSSR count). The van der Waals surface area contributed by atoms with E-state index in [0.29, 0.717) is 26.2 Å². The molecule has 7 heteroatoms. The van der Waals surface area contributed by atoms with Crippen LogP contribution in [0.4, 0.5) is 13.2 Å². The lowest BCUT2D eigenvalue weighted by Gasteiger charge is -2.44. The van der Waals surface area contributed by atoms with Crippen molar-refractivity contribution in [3.8, 4) is 0 Å². The zero-order chi connectivity index (χ0) is 17.3. The van der Waals surface area contributed by atoms with Crippen molar-refractivity contribution in [1.82, 2.24) is 10.2 Å². The number of piperazine rings is 1. The molecule has 2 N–H and O–H groups in total. The van der Waals surface area contributed by atoms with Gasteiger partial charge in [0.25, 0.3) is 0 Å². The standard InChI is InChI=1S/C16H22ClF3N2O/c1-15(2,10-23)14(22-8-6-21-7-9-22)13-11(16(18,19)20)4-3-5-12(13)17/h3-5,14,21,23H,6-10H2,1-2H3/t14-/m0/s1. The predicted molar refractivity (Wildman–Crippen MR) is 84.5 cm³/mol. The van der Waals surface area contributed by atoms with Crippen LogP contribution in [0.15, 0.2) is 18.2 Å². The van der Waals surface area contributed by atoms with E-state index in [1.807, 2.05) is 4.90 Å². The molecule has 1 atom stereocenters. The Morgan fingerprint density at radius 1 is 1.26 bits per heavy atom. The van der Waals surface area contributed by atoms with Crippen molar-refractivity contribution >= 4 is 11.6 Å². The molecule has 23 heavy (non-hydrogen) atoms. The molecular formula is C16H22ClF3N2O. The first-order chi connectivity index (χ1) is 10.7. The third-order valence-corrected chi connectivity index (χ3v) is 4.63. The Morgan fingerprint density at radius 2 is 1.87 bits per heavy atom. The average molecular weight is 351 g/mol. The Kier molecular flexibility index (Phi) is 5.61. The fourth-order valence-electron chi connectivity index (χ4n) is 3.16. The van der Waals surface area contributed by atoms with Crippen LogP contribution in [0.5, 0.6) is 0 Å². The van der Waals surface area contributed by atoms with Gasteiger partial charge in [0.2, 0.25) is 0 Å². The van der Waals surface area contributed by atoms with Gasteiger partial charge in [-0.3, -0.25) is 4.90 Å². The Hall–Kier alpha value is -0.820. The van der Waals surface area contributed by atoms with E-state index in [1.165, 1.54) is 12.1 Å². The first kappa shape index (κ1) is 18.5. The van der Waals surface area contributed by atoms with Gasteiger partial charge in [-0.05, 0) is 12.1 Å². The van der Waals surface area contributed by atoms with Gasteiger partial charge >= 0.3 is 6.18 Å². The Morgan fingerprint density at radius 3 is 2.39 bits per heavy atom. The molecular weight excluding hydrogens is 329 g/mol. The monoisotopic (exact) mass is 350 g/mol. The number of halogens is 4. The Balaban J connectivity index is 2.60. The fourth-order valence-corrected chi connectivity index (χ4v) is 3.43. The Labute approximate surface area is 139 Å². The maximum Gasteiger partial charge on any atom is 0.416 e. The molecule has 130 valence electrons. The number of aliphatic hydroxyl groups excluding tert-OH is 1. The van der Waals surface area contributed by atoms with Crippen molar-refractivity contribution in [1.29, 1.82) is 0 Å². The van der Waals surface area contributed by atoms with E-state index in [0.717, 1.165) is 6.07 Å². The highest BCUT2D eigenvalue weighted by Gasteiger charge is 2.43. The minimum absolute atomic E-state index is 0.0580. The summed E-state index contributed by atoms with van der Waals surface area (Å²) in [6.07, 6.45) is -4.49. The molecule has 0 amide bonds. The highest BCUT2D eigenvalue weighted by atomic mass is 35.5. The lowest BCUT2D eigenvalue weighted by molar-refractivity contribution is -0.139. The van der Waals surface area contributed by atoms with Crippen LogP contribution in [0.3, 0.4) is 0 Å². The van der Waals surface area contributed by atoms with Crippen LogP contribution in [0.2, 0.25) is 5.02 Å². The van der Waals surface area contributed by atoms with Crippen LogP contribution < -0.4 is 5.32 Å². The summed E-state index contributed by atoms with van der Waals surface area (Å²) < 4.78 is 40.5. The summed E-state index contributed by atoms with van der Waals surface area (Å²) in [7, 11) is 0. The number of alkyl halides is 3. The first-order valence-electron chi connectivity index (χ1n) is 7.59. The molecule has 1 heterocycles. The summed E-state index contributed by atoms with van der Waals surface area (Å²) in [6.45, 7) is 5.91. The summed E-state index contributed by atoms with van der Waals surface area (Å²) in [5.74, 6) is 0. The van der Waals surface area contributed by atoms with Crippen LogP contribution in [-0.4, -0.2) is 42.8 Å². The van der Waals surface area contributed by atoms with Gasteiger partial charge in [-0.1, -0.05) is 31.5 Å². The molecule has 0 saturated carbocycles. The largest absolute Gasteiger partial charge is 0.416 e. The maximum atomic E-state index is 13.5. The lowest BCUT2D eigenvalue weighted by Crippen LogP contribution is -2.50. The minimum atomic E-state index is -4.49. The Bertz CT molecular complexity index is 543. The van der Waals surface area contributed by atoms with Crippen LogP contribution in [0.1, 0.15) is 31.0 Å². The normalized spacial score (nSPS) is 18.9. The van der Waals surface area contributed by atoms with E-state index in [4.69, 9.17) is 11.6 Å². The lowest BCUT2D eigenvalue weighted by atomic mass is 9.78. The molecule has 0 bridgehead atoms. The van der Waals surface area contributed by atoms with E-state index in [-0.39, 0.29) is 17.2 Å². The van der Waals surface area contributed by atoms with Crippen LogP contribution >= 0.6 is 11.6 Å². The molecule has 0 aromatic heterocycles. The second kappa shape index (κ2) is 6.97. The van der Waals surface area contributed by atoms with E-state index in [2.05, 4.69) is 5.32 Å². The van der Waals surface area contributed by atoms with Crippen molar-refractivity contribution in [2.24, 2.45) is 5.41 Å². The third-order valence-electron chi connectivity index (χ3n) is 4.30. The van der Waals surface area contributed by atoms with E-state index >= 15 is 0 Å². The molecule has 0 radical (unpaired) electrons. The molecule has 1 aromatic rings. The number of hydrogen-bond acceptors (Lipinski definition) is 3. The van der Waals surface area contributed by atoms with Crippen LogP contribution in [0.25, 0.3) is 0 Å². The van der Waals surface area contributed by atoms with Crippen molar-refractivity contribution < 1.29 is 18.3 Å². The van der Waals surface area contributed by atoms with Gasteiger partial charge in [0, 0.05) is 54.8 Å². The second-order valence-corrected chi connectivity index (χ2v) is 6.94. The number of benzene rings is 1. The zero-order valence-electron chi connectivity index (χ0n) is 13.3. The van der Waals surface area contributed by atoms with Gasteiger partial charge in [-0.2, -0.15) is 13.2 Å². The predicted octanol–water partition coefficient (Wildman–Crippen LogP) is 3.32. The van der Waals surface area contributed by atoms with Gasteiger partial charge in [0.05, 0.1) is 5.56 Å². The number of hydrogen-bond donors (Lipinski definition) is 2. The molecule has 3 nitrogen and oxygen atoms in total. The zero-order valence-corrected chi connectivity index (χ0v) is 14.0. The van der Waals surface area contributed by atoms with Crippen LogP contribution in [0, 0.1) is 5.41 Å².